The summed E-state index contributed by atoms with van der Waals surface area (Å²) in [4.78, 5) is 0. The van der Waals surface area contributed by atoms with E-state index in [1.165, 1.54) is 0 Å². The molecule has 3 heteroatoms. The molecule has 0 unspecified atom stereocenters. The molecule has 0 spiro atoms. The summed E-state index contributed by atoms with van der Waals surface area (Å²) in [5.41, 5.74) is 1.78. The third-order valence-corrected chi connectivity index (χ3v) is 3.25. The molecule has 98 valence electrons. The van der Waals surface area contributed by atoms with Crippen molar-refractivity contribution in [3.05, 3.63) is 66.4 Å². The monoisotopic (exact) mass is 262 g/mol. The van der Waals surface area contributed by atoms with Crippen molar-refractivity contribution >= 4 is 10.9 Å². The summed E-state index contributed by atoms with van der Waals surface area (Å²) in [5.74, 6) is 0.865. The van der Waals surface area contributed by atoms with Crippen molar-refractivity contribution in [2.24, 2.45) is 0 Å². The summed E-state index contributed by atoms with van der Waals surface area (Å²) < 4.78 is 7.76. The Morgan fingerprint density at radius 1 is 1.00 bits per heavy atom. The minimum atomic E-state index is 0.577. The van der Waals surface area contributed by atoms with E-state index in [0.717, 1.165) is 23.2 Å². The van der Waals surface area contributed by atoms with E-state index < -0.39 is 0 Å². The number of nitrogens with zero attached hydrogens (tertiary/aromatic N) is 2. The van der Waals surface area contributed by atoms with Crippen molar-refractivity contribution in [3.8, 4) is 11.8 Å². The second kappa shape index (κ2) is 5.50. The molecule has 0 atom stereocenters. The number of benzene rings is 2. The van der Waals surface area contributed by atoms with Gasteiger partial charge in [-0.1, -0.05) is 36.4 Å². The number of fused-ring (bicyclic) bond motifs is 1. The number of hydrogen-bond donors (Lipinski definition) is 0. The SMILES string of the molecule is N#Cc1cn(CCOc2ccccc2)c2ccccc12. The maximum absolute atomic E-state index is 9.16. The molecule has 0 aliphatic carbocycles. The molecule has 3 rings (SSSR count). The summed E-state index contributed by atoms with van der Waals surface area (Å²) in [5, 5.41) is 10.2. The molecule has 0 bridgehead atoms. The molecule has 20 heavy (non-hydrogen) atoms. The molecule has 2 aromatic carbocycles. The summed E-state index contributed by atoms with van der Waals surface area (Å²) in [6.45, 7) is 1.30. The smallest absolute Gasteiger partial charge is 0.119 e. The number of ether oxygens (including phenoxy) is 1. The second-order valence-electron chi connectivity index (χ2n) is 4.53. The normalized spacial score (nSPS) is 10.3. The third-order valence-electron chi connectivity index (χ3n) is 3.25. The van der Waals surface area contributed by atoms with E-state index in [9.17, 15) is 0 Å². The molecule has 0 saturated heterocycles. The Hall–Kier alpha value is -2.73. The average Bonchev–Trinajstić information content (AvgIpc) is 2.87. The standard InChI is InChI=1S/C17H14N2O/c18-12-14-13-19(17-9-5-4-8-16(14)17)10-11-20-15-6-2-1-3-7-15/h1-9,13H,10-11H2. The van der Waals surface area contributed by atoms with Gasteiger partial charge in [0.05, 0.1) is 12.1 Å². The van der Waals surface area contributed by atoms with Gasteiger partial charge in [-0.2, -0.15) is 5.26 Å². The van der Waals surface area contributed by atoms with Crippen LogP contribution >= 0.6 is 0 Å². The van der Waals surface area contributed by atoms with Gasteiger partial charge in [0.1, 0.15) is 18.4 Å². The highest BCUT2D eigenvalue weighted by Crippen LogP contribution is 2.20. The molecule has 0 radical (unpaired) electrons. The van der Waals surface area contributed by atoms with E-state index >= 15 is 0 Å². The van der Waals surface area contributed by atoms with Gasteiger partial charge in [-0.3, -0.25) is 0 Å². The highest BCUT2D eigenvalue weighted by molar-refractivity contribution is 5.86. The van der Waals surface area contributed by atoms with Crippen molar-refractivity contribution in [1.29, 1.82) is 5.26 Å². The molecule has 1 heterocycles. The molecule has 0 saturated carbocycles. The summed E-state index contributed by atoms with van der Waals surface area (Å²) in [6.07, 6.45) is 1.89. The van der Waals surface area contributed by atoms with Crippen molar-refractivity contribution < 1.29 is 4.74 Å². The van der Waals surface area contributed by atoms with Crippen LogP contribution in [-0.2, 0) is 6.54 Å². The van der Waals surface area contributed by atoms with E-state index in [4.69, 9.17) is 10.00 Å². The first kappa shape index (κ1) is 12.3. The van der Waals surface area contributed by atoms with Crippen LogP contribution in [0.5, 0.6) is 5.75 Å². The molecular formula is C17H14N2O. The Bertz CT molecular complexity index is 754. The molecule has 1 aromatic heterocycles. The van der Waals surface area contributed by atoms with E-state index in [1.807, 2.05) is 60.8 Å². The van der Waals surface area contributed by atoms with Crippen LogP contribution < -0.4 is 4.74 Å². The average molecular weight is 262 g/mol. The molecule has 0 aliphatic rings. The second-order valence-corrected chi connectivity index (χ2v) is 4.53. The van der Waals surface area contributed by atoms with Gasteiger partial charge < -0.3 is 9.30 Å². The van der Waals surface area contributed by atoms with Gasteiger partial charge in [0.25, 0.3) is 0 Å². The lowest BCUT2D eigenvalue weighted by Crippen LogP contribution is -2.07. The largest absolute Gasteiger partial charge is 0.492 e. The Labute approximate surface area is 117 Å². The van der Waals surface area contributed by atoms with E-state index in [-0.39, 0.29) is 0 Å². The lowest BCUT2D eigenvalue weighted by atomic mass is 10.2. The Morgan fingerprint density at radius 2 is 1.75 bits per heavy atom. The van der Waals surface area contributed by atoms with Crippen LogP contribution in [0.4, 0.5) is 0 Å². The number of aromatic nitrogens is 1. The van der Waals surface area contributed by atoms with E-state index in [2.05, 4.69) is 10.6 Å². The van der Waals surface area contributed by atoms with Gasteiger partial charge in [0, 0.05) is 17.1 Å². The fraction of sp³-hybridized carbons (Fsp3) is 0.118. The van der Waals surface area contributed by atoms with Crippen LogP contribution in [0.2, 0.25) is 0 Å². The molecule has 3 nitrogen and oxygen atoms in total. The summed E-state index contributed by atoms with van der Waals surface area (Å²) in [6, 6.07) is 19.9. The van der Waals surface area contributed by atoms with Gasteiger partial charge in [-0.15, -0.1) is 0 Å². The van der Waals surface area contributed by atoms with Crippen molar-refractivity contribution in [1.82, 2.24) is 4.57 Å². The summed E-state index contributed by atoms with van der Waals surface area (Å²) >= 11 is 0. The first-order chi connectivity index (χ1) is 9.88. The zero-order chi connectivity index (χ0) is 13.8. The number of rotatable bonds is 4. The molecule has 0 aliphatic heterocycles. The molecular weight excluding hydrogens is 248 g/mol. The van der Waals surface area contributed by atoms with Crippen molar-refractivity contribution in [3.63, 3.8) is 0 Å². The van der Waals surface area contributed by atoms with Gasteiger partial charge in [-0.05, 0) is 18.2 Å². The fourth-order valence-corrected chi connectivity index (χ4v) is 2.30. The molecule has 3 aromatic rings. The lowest BCUT2D eigenvalue weighted by molar-refractivity contribution is 0.300. The predicted molar refractivity (Wildman–Crippen MR) is 78.6 cm³/mol. The quantitative estimate of drug-likeness (QED) is 0.720. The zero-order valence-corrected chi connectivity index (χ0v) is 11.0. The molecule has 0 N–H and O–H groups in total. The lowest BCUT2D eigenvalue weighted by Gasteiger charge is -2.07. The van der Waals surface area contributed by atoms with Crippen LogP contribution in [0.15, 0.2) is 60.8 Å². The van der Waals surface area contributed by atoms with Crippen LogP contribution in [-0.4, -0.2) is 11.2 Å². The first-order valence-electron chi connectivity index (χ1n) is 6.54. The van der Waals surface area contributed by atoms with Crippen molar-refractivity contribution in [2.45, 2.75) is 6.54 Å². The first-order valence-corrected chi connectivity index (χ1v) is 6.54. The molecule has 0 fully saturated rings. The Kier molecular flexibility index (Phi) is 3.38. The van der Waals surface area contributed by atoms with Gasteiger partial charge in [0.15, 0.2) is 0 Å². The zero-order valence-electron chi connectivity index (χ0n) is 11.0. The van der Waals surface area contributed by atoms with E-state index in [1.54, 1.807) is 0 Å². The van der Waals surface area contributed by atoms with E-state index in [0.29, 0.717) is 12.2 Å². The highest BCUT2D eigenvalue weighted by atomic mass is 16.5. The number of para-hydroxylation sites is 2. The van der Waals surface area contributed by atoms with Crippen LogP contribution in [0, 0.1) is 11.3 Å². The highest BCUT2D eigenvalue weighted by Gasteiger charge is 2.07. The Morgan fingerprint density at radius 3 is 2.55 bits per heavy atom. The molecule has 0 amide bonds. The van der Waals surface area contributed by atoms with Gasteiger partial charge in [-0.25, -0.2) is 0 Å². The third kappa shape index (κ3) is 2.36. The van der Waals surface area contributed by atoms with Crippen LogP contribution in [0.1, 0.15) is 5.56 Å². The predicted octanol–water partition coefficient (Wildman–Crippen LogP) is 3.59. The number of nitriles is 1. The van der Waals surface area contributed by atoms with Crippen molar-refractivity contribution in [2.75, 3.05) is 6.61 Å². The maximum Gasteiger partial charge on any atom is 0.119 e. The minimum Gasteiger partial charge on any atom is -0.492 e. The topological polar surface area (TPSA) is 38.0 Å². The summed E-state index contributed by atoms with van der Waals surface area (Å²) in [7, 11) is 0. The maximum atomic E-state index is 9.16. The fourth-order valence-electron chi connectivity index (χ4n) is 2.30. The van der Waals surface area contributed by atoms with Crippen LogP contribution in [0.3, 0.4) is 0 Å². The van der Waals surface area contributed by atoms with Crippen LogP contribution in [0.25, 0.3) is 10.9 Å². The Balaban J connectivity index is 1.77. The van der Waals surface area contributed by atoms with Gasteiger partial charge >= 0.3 is 0 Å². The number of hydrogen-bond acceptors (Lipinski definition) is 2. The van der Waals surface area contributed by atoms with Gasteiger partial charge in [0.2, 0.25) is 0 Å². The minimum absolute atomic E-state index is 0.577.